The molecule has 1 aliphatic rings. The molecule has 1 aliphatic heterocycles. The second kappa shape index (κ2) is 6.33. The molecular weight excluding hydrogens is 360 g/mol. The summed E-state index contributed by atoms with van der Waals surface area (Å²) in [6, 6.07) is 0. The Morgan fingerprint density at radius 3 is 2.24 bits per heavy atom. The summed E-state index contributed by atoms with van der Waals surface area (Å²) in [5.74, 6) is 0.681. The van der Waals surface area contributed by atoms with E-state index in [0.717, 1.165) is 10.1 Å². The highest BCUT2D eigenvalue weighted by molar-refractivity contribution is 7.89. The monoisotopic (exact) mass is 384 g/mol. The quantitative estimate of drug-likeness (QED) is 0.795. The normalized spacial score (nSPS) is 17.2. The van der Waals surface area contributed by atoms with E-state index in [1.807, 2.05) is 0 Å². The zero-order valence-corrected chi connectivity index (χ0v) is 16.9. The first-order valence-corrected chi connectivity index (χ1v) is 10.4. The van der Waals surface area contributed by atoms with Crippen molar-refractivity contribution in [1.29, 1.82) is 0 Å². The van der Waals surface area contributed by atoms with Crippen LogP contribution in [0.3, 0.4) is 0 Å². The fraction of sp³-hybridized carbons (Fsp3) is 0.667. The van der Waals surface area contributed by atoms with Gasteiger partial charge in [-0.15, -0.1) is 10.2 Å². The molecule has 10 heteroatoms. The molecule has 2 aromatic heterocycles. The van der Waals surface area contributed by atoms with Crippen LogP contribution in [0.5, 0.6) is 0 Å². The second-order valence-corrected chi connectivity index (χ2v) is 10.1. The Labute approximate surface area is 152 Å². The number of rotatable bonds is 3. The first-order valence-electron chi connectivity index (χ1n) is 8.18. The van der Waals surface area contributed by atoms with Crippen molar-refractivity contribution >= 4 is 26.5 Å². The minimum atomic E-state index is -3.55. The van der Waals surface area contributed by atoms with Gasteiger partial charge < -0.3 is 9.47 Å². The Bertz CT molecular complexity index is 837. The summed E-state index contributed by atoms with van der Waals surface area (Å²) < 4.78 is 28.7. The topological polar surface area (TPSA) is 84.2 Å². The molecule has 0 atom stereocenters. The summed E-state index contributed by atoms with van der Waals surface area (Å²) in [7, 11) is -1.75. The van der Waals surface area contributed by atoms with Gasteiger partial charge in [-0.2, -0.15) is 4.31 Å². The van der Waals surface area contributed by atoms with E-state index in [2.05, 4.69) is 40.9 Å². The van der Waals surface area contributed by atoms with Gasteiger partial charge in [0.1, 0.15) is 10.8 Å². The van der Waals surface area contributed by atoms with E-state index in [1.165, 1.54) is 4.31 Å². The van der Waals surface area contributed by atoms with Crippen molar-refractivity contribution in [2.24, 2.45) is 7.05 Å². The van der Waals surface area contributed by atoms with Gasteiger partial charge in [0, 0.05) is 44.8 Å². The van der Waals surface area contributed by atoms with E-state index in [0.29, 0.717) is 32.0 Å². The molecule has 2 aromatic rings. The van der Waals surface area contributed by atoms with E-state index < -0.39 is 10.0 Å². The molecule has 0 unspecified atom stereocenters. The second-order valence-electron chi connectivity index (χ2n) is 7.27. The van der Waals surface area contributed by atoms with Crippen LogP contribution < -0.4 is 4.90 Å². The minimum absolute atomic E-state index is 0.0298. The van der Waals surface area contributed by atoms with E-state index in [4.69, 9.17) is 0 Å². The van der Waals surface area contributed by atoms with Gasteiger partial charge in [0.25, 0.3) is 10.0 Å². The van der Waals surface area contributed by atoms with Crippen molar-refractivity contribution in [3.8, 4) is 0 Å². The first-order chi connectivity index (χ1) is 11.6. The maximum atomic E-state index is 12.7. The number of anilines is 1. The van der Waals surface area contributed by atoms with E-state index in [-0.39, 0.29) is 10.4 Å². The Morgan fingerprint density at radius 1 is 1.12 bits per heavy atom. The number of sulfonamides is 1. The molecule has 0 amide bonds. The Hall–Kier alpha value is -1.52. The number of aromatic nitrogens is 4. The van der Waals surface area contributed by atoms with Gasteiger partial charge in [0.05, 0.1) is 0 Å². The molecule has 0 saturated carbocycles. The summed E-state index contributed by atoms with van der Waals surface area (Å²) in [6.07, 6.45) is 1.57. The lowest BCUT2D eigenvalue weighted by Gasteiger charge is -2.33. The third kappa shape index (κ3) is 3.56. The highest BCUT2D eigenvalue weighted by Gasteiger charge is 2.32. The summed E-state index contributed by atoms with van der Waals surface area (Å²) in [5.41, 5.74) is -0.0298. The van der Waals surface area contributed by atoms with Crippen LogP contribution in [-0.2, 0) is 22.5 Å². The average Bonchev–Trinajstić information content (AvgIpc) is 3.15. The lowest BCUT2D eigenvalue weighted by atomic mass is 9.98. The molecule has 8 nitrogen and oxygen atoms in total. The molecule has 1 saturated heterocycles. The molecule has 0 aliphatic carbocycles. The Kier molecular flexibility index (Phi) is 4.63. The third-order valence-corrected chi connectivity index (χ3v) is 7.44. The molecule has 0 spiro atoms. The molecule has 1 fully saturated rings. The lowest BCUT2D eigenvalue weighted by molar-refractivity contribution is 0.383. The summed E-state index contributed by atoms with van der Waals surface area (Å²) >= 11 is 1.58. The van der Waals surface area contributed by atoms with E-state index in [1.54, 1.807) is 36.1 Å². The largest absolute Gasteiger partial charge is 0.344 e. The van der Waals surface area contributed by atoms with Crippen molar-refractivity contribution in [3.05, 3.63) is 17.0 Å². The third-order valence-electron chi connectivity index (χ3n) is 4.26. The fourth-order valence-corrected chi connectivity index (χ4v) is 4.95. The van der Waals surface area contributed by atoms with Crippen LogP contribution in [-0.4, -0.2) is 58.7 Å². The molecular formula is C15H24N6O2S2. The van der Waals surface area contributed by atoms with Gasteiger partial charge in [-0.1, -0.05) is 32.1 Å². The van der Waals surface area contributed by atoms with Crippen LogP contribution in [0, 0.1) is 6.92 Å². The molecule has 0 radical (unpaired) electrons. The lowest BCUT2D eigenvalue weighted by Crippen LogP contribution is -2.48. The van der Waals surface area contributed by atoms with Gasteiger partial charge >= 0.3 is 0 Å². The Morgan fingerprint density at radius 2 is 1.76 bits per heavy atom. The molecule has 138 valence electrons. The van der Waals surface area contributed by atoms with Crippen LogP contribution in [0.1, 0.15) is 31.6 Å². The van der Waals surface area contributed by atoms with Crippen molar-refractivity contribution in [2.75, 3.05) is 31.1 Å². The number of hydrogen-bond acceptors (Lipinski definition) is 7. The highest BCUT2D eigenvalue weighted by Crippen LogP contribution is 2.30. The molecule has 3 rings (SSSR count). The number of piperazine rings is 1. The molecule has 0 aromatic carbocycles. The highest BCUT2D eigenvalue weighted by atomic mass is 32.2. The van der Waals surface area contributed by atoms with Crippen LogP contribution in [0.25, 0.3) is 0 Å². The van der Waals surface area contributed by atoms with E-state index in [9.17, 15) is 8.42 Å². The molecule has 3 heterocycles. The van der Waals surface area contributed by atoms with Crippen molar-refractivity contribution in [1.82, 2.24) is 24.1 Å². The minimum Gasteiger partial charge on any atom is -0.344 e. The number of nitrogens with zero attached hydrogens (tertiary/aromatic N) is 6. The maximum absolute atomic E-state index is 12.7. The van der Waals surface area contributed by atoms with Gasteiger partial charge in [0.2, 0.25) is 5.13 Å². The van der Waals surface area contributed by atoms with Crippen LogP contribution in [0.15, 0.2) is 11.2 Å². The smallest absolute Gasteiger partial charge is 0.262 e. The first kappa shape index (κ1) is 18.3. The van der Waals surface area contributed by atoms with Crippen molar-refractivity contribution < 1.29 is 8.42 Å². The standard InChI is InChI=1S/C15H24N6O2S2/c1-11-16-12(10-19(11)5)25(22,23)21-8-6-20(7-9-21)14-18-17-13(24-14)15(2,3)4/h10H,6-9H2,1-5H3. The van der Waals surface area contributed by atoms with Gasteiger partial charge in [-0.3, -0.25) is 0 Å². The summed E-state index contributed by atoms with van der Waals surface area (Å²) in [5, 5.41) is 10.5. The number of imidazole rings is 1. The summed E-state index contributed by atoms with van der Waals surface area (Å²) in [4.78, 5) is 6.26. The van der Waals surface area contributed by atoms with Gasteiger partial charge in [-0.05, 0) is 6.92 Å². The van der Waals surface area contributed by atoms with Crippen molar-refractivity contribution in [2.45, 2.75) is 38.1 Å². The predicted octanol–water partition coefficient (Wildman–Crippen LogP) is 1.39. The average molecular weight is 385 g/mol. The molecule has 25 heavy (non-hydrogen) atoms. The SMILES string of the molecule is Cc1nc(S(=O)(=O)N2CCN(c3nnc(C(C)(C)C)s3)CC2)cn1C. The zero-order chi connectivity index (χ0) is 18.4. The predicted molar refractivity (Wildman–Crippen MR) is 97.5 cm³/mol. The molecule has 0 bridgehead atoms. The van der Waals surface area contributed by atoms with Crippen molar-refractivity contribution in [3.63, 3.8) is 0 Å². The zero-order valence-electron chi connectivity index (χ0n) is 15.2. The van der Waals surface area contributed by atoms with E-state index >= 15 is 0 Å². The number of hydrogen-bond donors (Lipinski definition) is 0. The fourth-order valence-electron chi connectivity index (χ4n) is 2.55. The summed E-state index contributed by atoms with van der Waals surface area (Å²) in [6.45, 7) is 10.2. The van der Waals surface area contributed by atoms with Gasteiger partial charge in [-0.25, -0.2) is 13.4 Å². The maximum Gasteiger partial charge on any atom is 0.262 e. The van der Waals surface area contributed by atoms with Gasteiger partial charge in [0.15, 0.2) is 5.03 Å². The number of aryl methyl sites for hydroxylation is 2. The van der Waals surface area contributed by atoms with Crippen LogP contribution in [0.4, 0.5) is 5.13 Å². The van der Waals surface area contributed by atoms with Crippen LogP contribution in [0.2, 0.25) is 0 Å². The Balaban J connectivity index is 1.70. The van der Waals surface area contributed by atoms with Crippen LogP contribution >= 0.6 is 11.3 Å². The molecule has 0 N–H and O–H groups in total.